The summed E-state index contributed by atoms with van der Waals surface area (Å²) >= 11 is 0. The molecule has 0 unspecified atom stereocenters. The van der Waals surface area contributed by atoms with E-state index in [0.29, 0.717) is 12.8 Å². The maximum atomic E-state index is 11.6. The van der Waals surface area contributed by atoms with Crippen LogP contribution in [0, 0.1) is 5.41 Å². The topological polar surface area (TPSA) is 95.4 Å². The smallest absolute Gasteiger partial charge is 0.313 e. The van der Waals surface area contributed by atoms with E-state index >= 15 is 0 Å². The number of hydrogen-bond acceptors (Lipinski definition) is 4. The number of hydrogen-bond donors (Lipinski definition) is 2. The molecule has 0 aliphatic heterocycles. The average Bonchev–Trinajstić information content (AvgIpc) is 2.65. The molecule has 0 aromatic carbocycles. The first-order valence-corrected chi connectivity index (χ1v) is 4.68. The average molecular weight is 200 g/mol. The molecule has 0 aromatic heterocycles. The van der Waals surface area contributed by atoms with Gasteiger partial charge >= 0.3 is 5.97 Å². The second-order valence-corrected chi connectivity index (χ2v) is 3.73. The third-order valence-corrected chi connectivity index (χ3v) is 2.99. The van der Waals surface area contributed by atoms with E-state index in [4.69, 9.17) is 11.5 Å². The summed E-state index contributed by atoms with van der Waals surface area (Å²) in [4.78, 5) is 22.6. The number of amides is 1. The van der Waals surface area contributed by atoms with E-state index in [9.17, 15) is 9.59 Å². The second kappa shape index (κ2) is 3.96. The lowest BCUT2D eigenvalue weighted by Gasteiger charge is -2.29. The molecule has 0 aromatic rings. The van der Waals surface area contributed by atoms with Gasteiger partial charge in [-0.25, -0.2) is 0 Å². The molecule has 1 aliphatic carbocycles. The third-order valence-electron chi connectivity index (χ3n) is 2.99. The van der Waals surface area contributed by atoms with Gasteiger partial charge in [0, 0.05) is 0 Å². The predicted octanol–water partition coefficient (Wildman–Crippen LogP) is -0.468. The summed E-state index contributed by atoms with van der Waals surface area (Å²) < 4.78 is 4.68. The van der Waals surface area contributed by atoms with E-state index in [2.05, 4.69) is 4.74 Å². The Morgan fingerprint density at radius 3 is 2.21 bits per heavy atom. The molecule has 0 radical (unpaired) electrons. The van der Waals surface area contributed by atoms with Crippen molar-refractivity contribution in [3.8, 4) is 0 Å². The molecule has 1 fully saturated rings. The van der Waals surface area contributed by atoms with Gasteiger partial charge in [-0.05, 0) is 12.8 Å². The van der Waals surface area contributed by atoms with Crippen LogP contribution in [0.15, 0.2) is 0 Å². The Balaban J connectivity index is 2.92. The molecule has 0 heterocycles. The summed E-state index contributed by atoms with van der Waals surface area (Å²) in [6.07, 6.45) is 2.94. The van der Waals surface area contributed by atoms with Crippen LogP contribution in [0.4, 0.5) is 0 Å². The minimum atomic E-state index is -0.933. The van der Waals surface area contributed by atoms with E-state index in [0.717, 1.165) is 12.8 Å². The van der Waals surface area contributed by atoms with Gasteiger partial charge in [-0.1, -0.05) is 12.8 Å². The molecule has 80 valence electrons. The molecular formula is C9H16N2O3. The van der Waals surface area contributed by atoms with Crippen LogP contribution in [-0.2, 0) is 14.3 Å². The van der Waals surface area contributed by atoms with Gasteiger partial charge in [-0.3, -0.25) is 9.59 Å². The van der Waals surface area contributed by atoms with E-state index in [1.165, 1.54) is 7.11 Å². The lowest BCUT2D eigenvalue weighted by atomic mass is 9.78. The highest BCUT2D eigenvalue weighted by Crippen LogP contribution is 2.41. The monoisotopic (exact) mass is 200 g/mol. The van der Waals surface area contributed by atoms with E-state index in [1.54, 1.807) is 0 Å². The quantitative estimate of drug-likeness (QED) is 0.602. The van der Waals surface area contributed by atoms with Crippen molar-refractivity contribution < 1.29 is 14.3 Å². The van der Waals surface area contributed by atoms with Crippen LogP contribution in [0.1, 0.15) is 25.7 Å². The maximum Gasteiger partial charge on any atom is 0.313 e. The fraction of sp³-hybridized carbons (Fsp3) is 0.778. The standard InChI is InChI=1S/C9H16N2O3/c1-14-8(13)9(4-2-3-5-9)6(10)7(11)12/h6H,2-5,10H2,1H3,(H2,11,12)/t6-/m1/s1. The Hall–Kier alpha value is -1.10. The molecule has 5 nitrogen and oxygen atoms in total. The first-order chi connectivity index (χ1) is 6.54. The number of esters is 1. The fourth-order valence-electron chi connectivity index (χ4n) is 2.12. The molecule has 1 rings (SSSR count). The van der Waals surface area contributed by atoms with Crippen molar-refractivity contribution in [2.75, 3.05) is 7.11 Å². The molecule has 5 heteroatoms. The molecule has 1 saturated carbocycles. The Kier molecular flexibility index (Phi) is 3.10. The number of methoxy groups -OCH3 is 1. The fourth-order valence-corrected chi connectivity index (χ4v) is 2.12. The van der Waals surface area contributed by atoms with Crippen LogP contribution < -0.4 is 11.5 Å². The van der Waals surface area contributed by atoms with Crippen molar-refractivity contribution in [1.82, 2.24) is 0 Å². The van der Waals surface area contributed by atoms with Crippen molar-refractivity contribution in [1.29, 1.82) is 0 Å². The molecule has 14 heavy (non-hydrogen) atoms. The Morgan fingerprint density at radius 1 is 1.36 bits per heavy atom. The Morgan fingerprint density at radius 2 is 1.86 bits per heavy atom. The highest BCUT2D eigenvalue weighted by atomic mass is 16.5. The summed E-state index contributed by atoms with van der Waals surface area (Å²) in [6, 6.07) is -0.933. The Labute approximate surface area is 82.8 Å². The van der Waals surface area contributed by atoms with Crippen LogP contribution in [0.5, 0.6) is 0 Å². The SMILES string of the molecule is COC(=O)C1([C@H](N)C(N)=O)CCCC1. The summed E-state index contributed by atoms with van der Waals surface area (Å²) in [5, 5.41) is 0. The Bertz CT molecular complexity index is 246. The van der Waals surface area contributed by atoms with Gasteiger partial charge in [0.15, 0.2) is 0 Å². The highest BCUT2D eigenvalue weighted by molar-refractivity contribution is 5.89. The molecule has 0 saturated heterocycles. The highest BCUT2D eigenvalue weighted by Gasteiger charge is 2.49. The number of nitrogens with two attached hydrogens (primary N) is 2. The number of primary amides is 1. The summed E-state index contributed by atoms with van der Waals surface area (Å²) in [7, 11) is 1.30. The zero-order valence-corrected chi connectivity index (χ0v) is 8.29. The molecule has 1 aliphatic rings. The van der Waals surface area contributed by atoms with E-state index < -0.39 is 23.3 Å². The predicted molar refractivity (Wildman–Crippen MR) is 50.1 cm³/mol. The van der Waals surface area contributed by atoms with Crippen molar-refractivity contribution in [3.63, 3.8) is 0 Å². The zero-order chi connectivity index (χ0) is 10.8. The number of ether oxygens (including phenoxy) is 1. The largest absolute Gasteiger partial charge is 0.469 e. The minimum absolute atomic E-state index is 0.415. The first kappa shape index (κ1) is 11.0. The third kappa shape index (κ3) is 1.59. The molecule has 0 spiro atoms. The van der Waals surface area contributed by atoms with Crippen molar-refractivity contribution in [2.24, 2.45) is 16.9 Å². The van der Waals surface area contributed by atoms with Crippen LogP contribution in [0.25, 0.3) is 0 Å². The van der Waals surface area contributed by atoms with E-state index in [1.807, 2.05) is 0 Å². The van der Waals surface area contributed by atoms with Gasteiger partial charge in [-0.2, -0.15) is 0 Å². The van der Waals surface area contributed by atoms with Crippen LogP contribution in [-0.4, -0.2) is 25.0 Å². The van der Waals surface area contributed by atoms with Crippen molar-refractivity contribution in [3.05, 3.63) is 0 Å². The van der Waals surface area contributed by atoms with Crippen LogP contribution in [0.2, 0.25) is 0 Å². The van der Waals surface area contributed by atoms with Crippen molar-refractivity contribution in [2.45, 2.75) is 31.7 Å². The minimum Gasteiger partial charge on any atom is -0.469 e. The maximum absolute atomic E-state index is 11.6. The second-order valence-electron chi connectivity index (χ2n) is 3.73. The van der Waals surface area contributed by atoms with Gasteiger partial charge in [0.25, 0.3) is 0 Å². The van der Waals surface area contributed by atoms with Crippen molar-refractivity contribution >= 4 is 11.9 Å². The number of carbonyl (C=O) groups excluding carboxylic acids is 2. The molecular weight excluding hydrogens is 184 g/mol. The number of rotatable bonds is 3. The molecule has 4 N–H and O–H groups in total. The van der Waals surface area contributed by atoms with Gasteiger partial charge in [0.2, 0.25) is 5.91 Å². The lowest BCUT2D eigenvalue weighted by Crippen LogP contribution is -2.53. The van der Waals surface area contributed by atoms with Gasteiger partial charge in [-0.15, -0.1) is 0 Å². The first-order valence-electron chi connectivity index (χ1n) is 4.68. The summed E-state index contributed by atoms with van der Waals surface area (Å²) in [5.41, 5.74) is 9.91. The molecule has 0 bridgehead atoms. The zero-order valence-electron chi connectivity index (χ0n) is 8.29. The molecule has 1 amide bonds. The number of carbonyl (C=O) groups is 2. The van der Waals surface area contributed by atoms with Gasteiger partial charge < -0.3 is 16.2 Å². The summed E-state index contributed by atoms with van der Waals surface area (Å²) in [6.45, 7) is 0. The molecule has 1 atom stereocenters. The van der Waals surface area contributed by atoms with E-state index in [-0.39, 0.29) is 0 Å². The normalized spacial score (nSPS) is 21.6. The van der Waals surface area contributed by atoms with Crippen LogP contribution >= 0.6 is 0 Å². The van der Waals surface area contributed by atoms with Gasteiger partial charge in [0.1, 0.15) is 6.04 Å². The summed E-state index contributed by atoms with van der Waals surface area (Å²) in [5.74, 6) is -1.06. The van der Waals surface area contributed by atoms with Crippen LogP contribution in [0.3, 0.4) is 0 Å². The van der Waals surface area contributed by atoms with Gasteiger partial charge in [0.05, 0.1) is 12.5 Å². The lowest BCUT2D eigenvalue weighted by molar-refractivity contribution is -0.156.